The standard InChI is InChI=1S/C29H36N8O3S/c1-17-15-21(19(3)31-23-8-7-18(2)30-26(23)27(38)34-41-6)25-22(16-17)28(39)36(5)29(32-25)37-13-9-20(10-14-37)40-24-11-12-35(4)33-24/h7-8,11-12,15-16,19-20,31H,9-10,13-14H2,1-6H3,(H,34,38). The van der Waals surface area contributed by atoms with Crippen LogP contribution in [-0.2, 0) is 14.1 Å². The molecule has 1 saturated heterocycles. The van der Waals surface area contributed by atoms with E-state index in [1.54, 1.807) is 22.6 Å². The third kappa shape index (κ3) is 6.02. The minimum atomic E-state index is -0.269. The monoisotopic (exact) mass is 576 g/mol. The van der Waals surface area contributed by atoms with Gasteiger partial charge in [-0.2, -0.15) is 0 Å². The van der Waals surface area contributed by atoms with E-state index >= 15 is 0 Å². The average Bonchev–Trinajstić information content (AvgIpc) is 3.36. The number of amides is 1. The SMILES string of the molecule is CSNC(=O)c1nc(C)ccc1NC(C)c1cc(C)cc2c(=O)n(C)c(N3CCC(Oc4ccn(C)n4)CC3)nc12. The molecule has 12 heteroatoms. The first-order valence-electron chi connectivity index (χ1n) is 13.6. The van der Waals surface area contributed by atoms with Gasteiger partial charge in [-0.3, -0.25) is 23.6 Å². The van der Waals surface area contributed by atoms with E-state index in [1.807, 2.05) is 64.3 Å². The summed E-state index contributed by atoms with van der Waals surface area (Å²) < 4.78 is 12.2. The number of anilines is 2. The van der Waals surface area contributed by atoms with Gasteiger partial charge in [0.1, 0.15) is 6.10 Å². The summed E-state index contributed by atoms with van der Waals surface area (Å²) in [7, 11) is 3.64. The summed E-state index contributed by atoms with van der Waals surface area (Å²) in [4.78, 5) is 38.0. The lowest BCUT2D eigenvalue weighted by Gasteiger charge is -2.33. The van der Waals surface area contributed by atoms with Gasteiger partial charge in [0.25, 0.3) is 11.5 Å². The van der Waals surface area contributed by atoms with Crippen LogP contribution >= 0.6 is 11.9 Å². The number of carbonyl (C=O) groups excluding carboxylic acids is 1. The third-order valence-corrected chi connectivity index (χ3v) is 7.70. The van der Waals surface area contributed by atoms with Crippen molar-refractivity contribution >= 4 is 40.4 Å². The molecule has 1 unspecified atom stereocenters. The van der Waals surface area contributed by atoms with Crippen LogP contribution in [-0.4, -0.2) is 55.7 Å². The van der Waals surface area contributed by atoms with Gasteiger partial charge in [-0.25, -0.2) is 9.97 Å². The molecule has 5 rings (SSSR count). The Kier molecular flexibility index (Phi) is 8.20. The van der Waals surface area contributed by atoms with Gasteiger partial charge in [-0.1, -0.05) is 18.0 Å². The summed E-state index contributed by atoms with van der Waals surface area (Å²) in [6.45, 7) is 7.25. The van der Waals surface area contributed by atoms with Crippen LogP contribution in [0, 0.1) is 13.8 Å². The van der Waals surface area contributed by atoms with Gasteiger partial charge in [0, 0.05) is 69.8 Å². The molecule has 1 atom stereocenters. The molecule has 0 radical (unpaired) electrons. The molecule has 0 bridgehead atoms. The Morgan fingerprint density at radius 2 is 1.88 bits per heavy atom. The number of ether oxygens (including phenoxy) is 1. The van der Waals surface area contributed by atoms with Crippen molar-refractivity contribution in [3.05, 3.63) is 69.4 Å². The predicted octanol–water partition coefficient (Wildman–Crippen LogP) is 3.91. The predicted molar refractivity (Wildman–Crippen MR) is 163 cm³/mol. The first-order valence-corrected chi connectivity index (χ1v) is 14.9. The minimum absolute atomic E-state index is 0.0571. The zero-order chi connectivity index (χ0) is 29.3. The Labute approximate surface area is 243 Å². The molecule has 0 spiro atoms. The van der Waals surface area contributed by atoms with Crippen molar-refractivity contribution in [1.82, 2.24) is 29.0 Å². The first kappa shape index (κ1) is 28.5. The number of nitrogens with zero attached hydrogens (tertiary/aromatic N) is 6. The minimum Gasteiger partial charge on any atom is -0.473 e. The highest BCUT2D eigenvalue weighted by molar-refractivity contribution is 7.97. The van der Waals surface area contributed by atoms with Crippen LogP contribution in [0.25, 0.3) is 10.9 Å². The maximum Gasteiger partial charge on any atom is 0.281 e. The van der Waals surface area contributed by atoms with Gasteiger partial charge in [-0.15, -0.1) is 5.10 Å². The molecule has 216 valence electrons. The van der Waals surface area contributed by atoms with E-state index in [9.17, 15) is 9.59 Å². The molecule has 1 fully saturated rings. The number of hydrogen-bond acceptors (Lipinski definition) is 9. The van der Waals surface area contributed by atoms with Crippen molar-refractivity contribution in [3.8, 4) is 5.88 Å². The van der Waals surface area contributed by atoms with Crippen LogP contribution in [0.3, 0.4) is 0 Å². The van der Waals surface area contributed by atoms with Crippen molar-refractivity contribution in [2.75, 3.05) is 29.6 Å². The number of nitrogens with one attached hydrogen (secondary N) is 2. The molecular formula is C29H36N8O3S. The molecule has 3 aromatic heterocycles. The smallest absolute Gasteiger partial charge is 0.281 e. The van der Waals surface area contributed by atoms with E-state index in [1.165, 1.54) is 11.9 Å². The van der Waals surface area contributed by atoms with E-state index in [0.29, 0.717) is 47.2 Å². The van der Waals surface area contributed by atoms with Crippen LogP contribution in [0.15, 0.2) is 41.3 Å². The number of fused-ring (bicyclic) bond motifs is 1. The Hall–Kier alpha value is -4.06. The highest BCUT2D eigenvalue weighted by Crippen LogP contribution is 2.29. The molecule has 4 aromatic rings. The lowest BCUT2D eigenvalue weighted by Crippen LogP contribution is -2.41. The maximum atomic E-state index is 13.6. The summed E-state index contributed by atoms with van der Waals surface area (Å²) in [5.41, 5.74) is 4.08. The number of pyridine rings is 1. The fourth-order valence-electron chi connectivity index (χ4n) is 5.25. The molecule has 1 amide bonds. The van der Waals surface area contributed by atoms with Gasteiger partial charge >= 0.3 is 0 Å². The van der Waals surface area contributed by atoms with Crippen LogP contribution in [0.4, 0.5) is 11.6 Å². The highest BCUT2D eigenvalue weighted by atomic mass is 32.2. The summed E-state index contributed by atoms with van der Waals surface area (Å²) in [6, 6.07) is 9.28. The number of aromatic nitrogens is 5. The second-order valence-corrected chi connectivity index (χ2v) is 11.1. The molecule has 41 heavy (non-hydrogen) atoms. The molecule has 4 heterocycles. The summed E-state index contributed by atoms with van der Waals surface area (Å²) in [6.07, 6.45) is 5.31. The van der Waals surface area contributed by atoms with E-state index in [2.05, 4.69) is 25.0 Å². The lowest BCUT2D eigenvalue weighted by molar-refractivity contribution is 0.0980. The van der Waals surface area contributed by atoms with E-state index in [0.717, 1.165) is 29.7 Å². The van der Waals surface area contributed by atoms with Crippen molar-refractivity contribution in [2.45, 2.75) is 45.8 Å². The van der Waals surface area contributed by atoms with Crippen molar-refractivity contribution in [3.63, 3.8) is 0 Å². The van der Waals surface area contributed by atoms with Crippen LogP contribution in [0.2, 0.25) is 0 Å². The maximum absolute atomic E-state index is 13.6. The molecule has 0 aliphatic carbocycles. The number of benzene rings is 1. The lowest BCUT2D eigenvalue weighted by atomic mass is 10.0. The quantitative estimate of drug-likeness (QED) is 0.301. The highest BCUT2D eigenvalue weighted by Gasteiger charge is 2.26. The second kappa shape index (κ2) is 11.8. The Bertz CT molecular complexity index is 1640. The number of piperidine rings is 1. The van der Waals surface area contributed by atoms with Crippen molar-refractivity contribution in [2.24, 2.45) is 14.1 Å². The topological polar surface area (TPSA) is 119 Å². The number of hydrogen-bond donors (Lipinski definition) is 2. The normalized spacial score (nSPS) is 14.7. The first-order chi connectivity index (χ1) is 19.6. The van der Waals surface area contributed by atoms with Gasteiger partial charge < -0.3 is 15.0 Å². The Morgan fingerprint density at radius 3 is 2.56 bits per heavy atom. The fraction of sp³-hybridized carbons (Fsp3) is 0.414. The summed E-state index contributed by atoms with van der Waals surface area (Å²) in [5, 5.41) is 8.35. The zero-order valence-corrected chi connectivity index (χ0v) is 25.1. The average molecular weight is 577 g/mol. The van der Waals surface area contributed by atoms with Gasteiger partial charge in [0.2, 0.25) is 11.8 Å². The Morgan fingerprint density at radius 1 is 1.12 bits per heavy atom. The number of aryl methyl sites for hydroxylation is 3. The zero-order valence-electron chi connectivity index (χ0n) is 24.3. The van der Waals surface area contributed by atoms with Crippen molar-refractivity contribution < 1.29 is 9.53 Å². The third-order valence-electron chi connectivity index (χ3n) is 7.31. The molecule has 11 nitrogen and oxygen atoms in total. The van der Waals surface area contributed by atoms with Crippen molar-refractivity contribution in [1.29, 1.82) is 0 Å². The van der Waals surface area contributed by atoms with Crippen LogP contribution < -0.4 is 25.2 Å². The van der Waals surface area contributed by atoms with Crippen LogP contribution in [0.1, 0.15) is 53.1 Å². The molecular weight excluding hydrogens is 540 g/mol. The molecule has 2 N–H and O–H groups in total. The van der Waals surface area contributed by atoms with Crippen LogP contribution in [0.5, 0.6) is 5.88 Å². The number of rotatable bonds is 8. The second-order valence-electron chi connectivity index (χ2n) is 10.5. The Balaban J connectivity index is 1.45. The number of carbonyl (C=O) groups is 1. The summed E-state index contributed by atoms with van der Waals surface area (Å²) >= 11 is 1.23. The fourth-order valence-corrected chi connectivity index (χ4v) is 5.54. The van der Waals surface area contributed by atoms with Gasteiger partial charge in [0.05, 0.1) is 22.6 Å². The van der Waals surface area contributed by atoms with E-state index in [4.69, 9.17) is 9.72 Å². The van der Waals surface area contributed by atoms with E-state index in [-0.39, 0.29) is 23.6 Å². The van der Waals surface area contributed by atoms with E-state index < -0.39 is 0 Å². The largest absolute Gasteiger partial charge is 0.473 e. The molecule has 1 aliphatic heterocycles. The van der Waals surface area contributed by atoms with Gasteiger partial charge in [-0.05, 0) is 44.5 Å². The summed E-state index contributed by atoms with van der Waals surface area (Å²) in [5.74, 6) is 0.990. The molecule has 0 saturated carbocycles. The molecule has 1 aliphatic rings. The van der Waals surface area contributed by atoms with Gasteiger partial charge in [0.15, 0.2) is 5.69 Å². The molecule has 1 aromatic carbocycles.